The molecule has 0 saturated heterocycles. The van der Waals surface area contributed by atoms with E-state index in [0.29, 0.717) is 25.9 Å². The van der Waals surface area contributed by atoms with Crippen molar-refractivity contribution in [3.63, 3.8) is 0 Å². The van der Waals surface area contributed by atoms with E-state index in [9.17, 15) is 19.8 Å². The molecule has 0 aliphatic carbocycles. The Morgan fingerprint density at radius 1 is 0.375 bits per heavy atom. The lowest BCUT2D eigenvalue weighted by Gasteiger charge is -2.22. The first-order valence-corrected chi connectivity index (χ1v) is 32.9. The van der Waals surface area contributed by atoms with Crippen molar-refractivity contribution in [1.29, 1.82) is 0 Å². The van der Waals surface area contributed by atoms with Gasteiger partial charge in [-0.1, -0.05) is 328 Å². The molecule has 0 heterocycles. The van der Waals surface area contributed by atoms with Gasteiger partial charge in [0.05, 0.1) is 25.4 Å². The number of carbonyl (C=O) groups excluding carboxylic acids is 2. The zero-order chi connectivity index (χ0) is 52.2. The minimum Gasteiger partial charge on any atom is -0.466 e. The maximum atomic E-state index is 12.5. The molecule has 0 aromatic rings. The predicted octanol–water partition coefficient (Wildman–Crippen LogP) is 20.8. The maximum absolute atomic E-state index is 12.5. The molecule has 0 saturated carbocycles. The molecule has 6 heteroatoms. The van der Waals surface area contributed by atoms with Crippen molar-refractivity contribution in [3.8, 4) is 0 Å². The van der Waals surface area contributed by atoms with Crippen LogP contribution in [0.1, 0.15) is 373 Å². The van der Waals surface area contributed by atoms with Crippen LogP contribution >= 0.6 is 0 Å². The third kappa shape index (κ3) is 57.9. The van der Waals surface area contributed by atoms with Crippen molar-refractivity contribution >= 4 is 11.9 Å². The first kappa shape index (κ1) is 70.6. The number of hydrogen-bond acceptors (Lipinski definition) is 5. The molecular formula is C66H129NO5. The number of allylic oxidation sites excluding steroid dienone is 2. The fourth-order valence-corrected chi connectivity index (χ4v) is 10.5. The summed E-state index contributed by atoms with van der Waals surface area (Å²) in [5.74, 6) is -0.0295. The summed E-state index contributed by atoms with van der Waals surface area (Å²) in [5, 5.41) is 23.4. The van der Waals surface area contributed by atoms with Crippen molar-refractivity contribution in [2.24, 2.45) is 0 Å². The first-order chi connectivity index (χ1) is 35.5. The Hall–Kier alpha value is -1.40. The summed E-state index contributed by atoms with van der Waals surface area (Å²) in [6.45, 7) is 4.95. The molecule has 0 radical (unpaired) electrons. The van der Waals surface area contributed by atoms with Crippen molar-refractivity contribution in [2.75, 3.05) is 13.2 Å². The molecule has 0 aromatic heterocycles. The second-order valence-corrected chi connectivity index (χ2v) is 22.8. The third-order valence-electron chi connectivity index (χ3n) is 15.6. The average molecular weight is 1020 g/mol. The molecule has 72 heavy (non-hydrogen) atoms. The van der Waals surface area contributed by atoms with Gasteiger partial charge in [-0.25, -0.2) is 0 Å². The van der Waals surface area contributed by atoms with E-state index >= 15 is 0 Å². The number of hydrogen-bond donors (Lipinski definition) is 3. The molecule has 428 valence electrons. The van der Waals surface area contributed by atoms with Gasteiger partial charge >= 0.3 is 5.97 Å². The number of nitrogens with one attached hydrogen (secondary N) is 1. The van der Waals surface area contributed by atoms with Crippen molar-refractivity contribution < 1.29 is 24.5 Å². The van der Waals surface area contributed by atoms with Gasteiger partial charge in [0.2, 0.25) is 5.91 Å². The Kier molecular flexibility index (Phi) is 60.9. The van der Waals surface area contributed by atoms with Gasteiger partial charge in [0.15, 0.2) is 0 Å². The van der Waals surface area contributed by atoms with Crippen LogP contribution in [-0.2, 0) is 14.3 Å². The lowest BCUT2D eigenvalue weighted by Crippen LogP contribution is -2.45. The lowest BCUT2D eigenvalue weighted by atomic mass is 10.0. The molecule has 2 unspecified atom stereocenters. The van der Waals surface area contributed by atoms with Crippen LogP contribution < -0.4 is 5.32 Å². The summed E-state index contributed by atoms with van der Waals surface area (Å²) in [6, 6.07) is -0.543. The van der Waals surface area contributed by atoms with Gasteiger partial charge in [-0.15, -0.1) is 0 Å². The first-order valence-electron chi connectivity index (χ1n) is 32.9. The van der Waals surface area contributed by atoms with Crippen LogP contribution in [0.25, 0.3) is 0 Å². The number of aliphatic hydroxyl groups excluding tert-OH is 2. The van der Waals surface area contributed by atoms with Crippen LogP contribution in [0.4, 0.5) is 0 Å². The highest BCUT2D eigenvalue weighted by molar-refractivity contribution is 5.76. The van der Waals surface area contributed by atoms with E-state index in [4.69, 9.17) is 4.74 Å². The molecular weight excluding hydrogens is 887 g/mol. The van der Waals surface area contributed by atoms with E-state index in [1.165, 1.54) is 295 Å². The molecule has 0 spiro atoms. The van der Waals surface area contributed by atoms with E-state index in [0.717, 1.165) is 44.9 Å². The Morgan fingerprint density at radius 3 is 1.03 bits per heavy atom. The third-order valence-corrected chi connectivity index (χ3v) is 15.6. The maximum Gasteiger partial charge on any atom is 0.305 e. The monoisotopic (exact) mass is 1020 g/mol. The number of esters is 1. The fourth-order valence-electron chi connectivity index (χ4n) is 10.5. The molecule has 0 aromatic carbocycles. The molecule has 3 N–H and O–H groups in total. The highest BCUT2D eigenvalue weighted by Crippen LogP contribution is 2.19. The summed E-state index contributed by atoms with van der Waals surface area (Å²) < 4.78 is 5.46. The van der Waals surface area contributed by atoms with Gasteiger partial charge in [0, 0.05) is 12.8 Å². The average Bonchev–Trinajstić information content (AvgIpc) is 3.38. The highest BCUT2D eigenvalue weighted by Gasteiger charge is 2.20. The SMILES string of the molecule is CCCC/C=C\CCCCCCCC(=O)OCCCCCCCCCCCCCCCCCCCCCCCC(=O)NC(CO)C(O)CCCCCCCCCCCCCCCCCCCCCCCCC. The van der Waals surface area contributed by atoms with Gasteiger partial charge < -0.3 is 20.3 Å². The van der Waals surface area contributed by atoms with Gasteiger partial charge in [-0.05, 0) is 44.9 Å². The van der Waals surface area contributed by atoms with Gasteiger partial charge in [0.25, 0.3) is 0 Å². The summed E-state index contributed by atoms with van der Waals surface area (Å²) in [6.07, 6.45) is 75.2. The quantitative estimate of drug-likeness (QED) is 0.0320. The van der Waals surface area contributed by atoms with Crippen LogP contribution in [0.15, 0.2) is 12.2 Å². The Labute approximate surface area is 450 Å². The van der Waals surface area contributed by atoms with Crippen molar-refractivity contribution in [2.45, 2.75) is 386 Å². The van der Waals surface area contributed by atoms with Crippen LogP contribution in [0.3, 0.4) is 0 Å². The Bertz CT molecular complexity index is 1080. The number of ether oxygens (including phenoxy) is 1. The number of amides is 1. The van der Waals surface area contributed by atoms with Gasteiger partial charge in [0.1, 0.15) is 0 Å². The number of aliphatic hydroxyl groups is 2. The van der Waals surface area contributed by atoms with E-state index in [1.807, 2.05) is 0 Å². The van der Waals surface area contributed by atoms with E-state index in [2.05, 4.69) is 31.3 Å². The zero-order valence-electron chi connectivity index (χ0n) is 48.9. The van der Waals surface area contributed by atoms with E-state index in [-0.39, 0.29) is 18.5 Å². The fraction of sp³-hybridized carbons (Fsp3) is 0.939. The van der Waals surface area contributed by atoms with Crippen LogP contribution in [-0.4, -0.2) is 47.4 Å². The minimum absolute atomic E-state index is 0.00191. The number of rotatable bonds is 62. The van der Waals surface area contributed by atoms with Crippen molar-refractivity contribution in [3.05, 3.63) is 12.2 Å². The Balaban J connectivity index is 3.39. The number of unbranched alkanes of at least 4 members (excludes halogenated alkanes) is 49. The molecule has 0 bridgehead atoms. The second kappa shape index (κ2) is 62.1. The normalized spacial score (nSPS) is 12.6. The van der Waals surface area contributed by atoms with Crippen LogP contribution in [0, 0.1) is 0 Å². The molecule has 0 fully saturated rings. The van der Waals surface area contributed by atoms with Crippen LogP contribution in [0.5, 0.6) is 0 Å². The molecule has 0 aliphatic rings. The molecule has 0 aliphatic heterocycles. The van der Waals surface area contributed by atoms with E-state index < -0.39 is 12.1 Å². The topological polar surface area (TPSA) is 95.9 Å². The zero-order valence-corrected chi connectivity index (χ0v) is 48.9. The van der Waals surface area contributed by atoms with Gasteiger partial charge in [-0.3, -0.25) is 9.59 Å². The Morgan fingerprint density at radius 2 is 0.667 bits per heavy atom. The summed E-state index contributed by atoms with van der Waals surface area (Å²) in [7, 11) is 0. The summed E-state index contributed by atoms with van der Waals surface area (Å²) in [4.78, 5) is 24.5. The van der Waals surface area contributed by atoms with E-state index in [1.54, 1.807) is 0 Å². The highest BCUT2D eigenvalue weighted by atomic mass is 16.5. The molecule has 0 rings (SSSR count). The molecule has 2 atom stereocenters. The van der Waals surface area contributed by atoms with Crippen LogP contribution in [0.2, 0.25) is 0 Å². The predicted molar refractivity (Wildman–Crippen MR) is 315 cm³/mol. The standard InChI is InChI=1S/C66H129NO5/c1-3-5-7-9-11-13-15-16-17-18-19-20-21-23-26-29-32-35-39-42-46-50-54-58-64(69)63(62-68)67-65(70)59-55-51-47-43-40-36-33-30-27-24-22-25-28-31-34-37-41-45-49-53-57-61-72-66(71)60-56-52-48-44-38-14-12-10-8-6-4-2/h10,12,63-64,68-69H,3-9,11,13-62H2,1-2H3,(H,67,70)/b12-10-. The summed E-state index contributed by atoms with van der Waals surface area (Å²) in [5.41, 5.74) is 0. The molecule has 6 nitrogen and oxygen atoms in total. The molecule has 1 amide bonds. The van der Waals surface area contributed by atoms with Gasteiger partial charge in [-0.2, -0.15) is 0 Å². The second-order valence-electron chi connectivity index (χ2n) is 22.8. The lowest BCUT2D eigenvalue weighted by molar-refractivity contribution is -0.143. The summed E-state index contributed by atoms with van der Waals surface area (Å²) >= 11 is 0. The van der Waals surface area contributed by atoms with Crippen molar-refractivity contribution in [1.82, 2.24) is 5.32 Å². The minimum atomic E-state index is -0.666. The largest absolute Gasteiger partial charge is 0.466 e. The number of carbonyl (C=O) groups is 2. The smallest absolute Gasteiger partial charge is 0.305 e.